The largest absolute Gasteiger partial charge is 0.472 e. The van der Waals surface area contributed by atoms with Crippen LogP contribution in [-0.2, 0) is 65.4 Å². The predicted molar refractivity (Wildman–Crippen MR) is 381 cm³/mol. The lowest BCUT2D eigenvalue weighted by molar-refractivity contribution is -0.161. The van der Waals surface area contributed by atoms with Gasteiger partial charge in [0.25, 0.3) is 0 Å². The molecular weight excluding hydrogens is 1230 g/mol. The number of aliphatic hydroxyl groups excluding tert-OH is 1. The molecule has 0 aliphatic heterocycles. The highest BCUT2D eigenvalue weighted by molar-refractivity contribution is 7.47. The van der Waals surface area contributed by atoms with Crippen LogP contribution in [0.3, 0.4) is 0 Å². The number of carbonyl (C=O) groups is 4. The Balaban J connectivity index is 5.20. The van der Waals surface area contributed by atoms with Crippen LogP contribution in [0, 0.1) is 23.7 Å². The van der Waals surface area contributed by atoms with Gasteiger partial charge in [0, 0.05) is 25.7 Å². The Bertz CT molecular complexity index is 1850. The second-order valence-electron chi connectivity index (χ2n) is 28.9. The van der Waals surface area contributed by atoms with E-state index in [1.807, 2.05) is 0 Å². The van der Waals surface area contributed by atoms with Crippen molar-refractivity contribution in [1.29, 1.82) is 0 Å². The topological polar surface area (TPSA) is 237 Å². The molecule has 0 rings (SSSR count). The third kappa shape index (κ3) is 68.6. The number of rotatable bonds is 72. The highest BCUT2D eigenvalue weighted by Crippen LogP contribution is 2.45. The van der Waals surface area contributed by atoms with Crippen molar-refractivity contribution in [1.82, 2.24) is 0 Å². The molecule has 0 aromatic rings. The van der Waals surface area contributed by atoms with E-state index in [9.17, 15) is 43.2 Å². The van der Waals surface area contributed by atoms with Crippen LogP contribution in [0.15, 0.2) is 0 Å². The molecule has 0 aromatic carbocycles. The van der Waals surface area contributed by atoms with Crippen molar-refractivity contribution in [3.8, 4) is 0 Å². The Morgan fingerprint density at radius 1 is 0.266 bits per heavy atom. The van der Waals surface area contributed by atoms with Crippen molar-refractivity contribution in [2.24, 2.45) is 23.7 Å². The molecule has 0 aromatic heterocycles. The highest BCUT2D eigenvalue weighted by atomic mass is 31.2. The van der Waals surface area contributed by atoms with Gasteiger partial charge in [-0.05, 0) is 49.4 Å². The van der Waals surface area contributed by atoms with Crippen molar-refractivity contribution in [3.05, 3.63) is 0 Å². The van der Waals surface area contributed by atoms with E-state index in [-0.39, 0.29) is 25.7 Å². The van der Waals surface area contributed by atoms with Gasteiger partial charge in [-0.1, -0.05) is 325 Å². The van der Waals surface area contributed by atoms with Gasteiger partial charge in [-0.2, -0.15) is 0 Å². The zero-order valence-electron chi connectivity index (χ0n) is 61.6. The number of carbonyl (C=O) groups excluding carboxylic acids is 4. The van der Waals surface area contributed by atoms with Crippen LogP contribution < -0.4 is 0 Å². The minimum Gasteiger partial charge on any atom is -0.462 e. The summed E-state index contributed by atoms with van der Waals surface area (Å²) >= 11 is 0. The van der Waals surface area contributed by atoms with E-state index < -0.39 is 97.5 Å². The number of esters is 4. The first-order valence-corrected chi connectivity index (χ1v) is 41.7. The quantitative estimate of drug-likeness (QED) is 0.0222. The molecule has 0 aliphatic carbocycles. The van der Waals surface area contributed by atoms with Crippen LogP contribution in [-0.4, -0.2) is 96.7 Å². The minimum absolute atomic E-state index is 0.102. The van der Waals surface area contributed by atoms with Crippen LogP contribution in [0.25, 0.3) is 0 Å². The molecule has 3 N–H and O–H groups in total. The van der Waals surface area contributed by atoms with E-state index >= 15 is 0 Å². The van der Waals surface area contributed by atoms with Crippen LogP contribution in [0.2, 0.25) is 0 Å². The molecule has 0 amide bonds. The van der Waals surface area contributed by atoms with Gasteiger partial charge in [-0.25, -0.2) is 9.13 Å². The Morgan fingerprint density at radius 2 is 0.447 bits per heavy atom. The lowest BCUT2D eigenvalue weighted by Gasteiger charge is -2.21. The smallest absolute Gasteiger partial charge is 0.462 e. The normalized spacial score (nSPS) is 14.2. The van der Waals surface area contributed by atoms with E-state index in [0.717, 1.165) is 108 Å². The van der Waals surface area contributed by atoms with Gasteiger partial charge >= 0.3 is 39.5 Å². The van der Waals surface area contributed by atoms with Crippen molar-refractivity contribution in [2.45, 2.75) is 395 Å². The number of phosphoric acid groups is 2. The van der Waals surface area contributed by atoms with Crippen LogP contribution in [0.1, 0.15) is 376 Å². The molecule has 0 aliphatic rings. The first-order valence-electron chi connectivity index (χ1n) is 38.7. The van der Waals surface area contributed by atoms with Crippen molar-refractivity contribution in [3.63, 3.8) is 0 Å². The molecular formula is C75H146O17P2. The van der Waals surface area contributed by atoms with Crippen molar-refractivity contribution in [2.75, 3.05) is 39.6 Å². The van der Waals surface area contributed by atoms with E-state index in [4.69, 9.17) is 37.0 Å². The fraction of sp³-hybridized carbons (Fsp3) is 0.947. The molecule has 0 fully saturated rings. The SMILES string of the molecule is CC(C)CCCCCCCCCCCCCCCCCCC(=O)OC[C@H](COP(=O)(O)OC[C@@H](O)COP(=O)(O)OC[C@@H](COC(=O)CCCCCCCCC(C)C)OC(=O)CCCCCCCCCC(C)C)OC(=O)CCCCCCCCCCCCCCCC(C)C. The third-order valence-electron chi connectivity index (χ3n) is 17.3. The summed E-state index contributed by atoms with van der Waals surface area (Å²) in [5.74, 6) is 0.848. The lowest BCUT2D eigenvalue weighted by atomic mass is 10.0. The third-order valence-corrected chi connectivity index (χ3v) is 19.2. The Labute approximate surface area is 575 Å². The highest BCUT2D eigenvalue weighted by Gasteiger charge is 2.30. The summed E-state index contributed by atoms with van der Waals surface area (Å²) in [6, 6.07) is 0. The second kappa shape index (κ2) is 64.4. The van der Waals surface area contributed by atoms with E-state index in [1.54, 1.807) is 0 Å². The van der Waals surface area contributed by atoms with Gasteiger partial charge in [0.05, 0.1) is 26.4 Å². The molecule has 0 saturated heterocycles. The maximum Gasteiger partial charge on any atom is 0.472 e. The summed E-state index contributed by atoms with van der Waals surface area (Å²) in [6.45, 7) is 14.1. The number of hydrogen-bond donors (Lipinski definition) is 3. The Morgan fingerprint density at radius 3 is 0.660 bits per heavy atom. The standard InChI is InChI=1S/C75H146O17P2/c1-65(2)51-43-35-27-22-18-14-11-9-10-12-16-20-24-30-39-47-55-72(77)85-61-70(91-74(79)57-49-41-31-25-21-17-13-15-19-23-28-36-44-52-66(3)4)63-89-93(81,82)87-59-69(76)60-88-94(83,84)90-64-71(62-86-73(78)56-48-40-34-33-38-46-54-68(7)8)92-75(80)58-50-42-32-26-29-37-45-53-67(5)6/h65-71,76H,9-64H2,1-8H3,(H,81,82)(H,83,84)/t69-,70-,71-/m1/s1. The molecule has 558 valence electrons. The van der Waals surface area contributed by atoms with Gasteiger partial charge in [0.15, 0.2) is 12.2 Å². The molecule has 94 heavy (non-hydrogen) atoms. The Hall–Kier alpha value is -1.94. The molecule has 19 heteroatoms. The second-order valence-corrected chi connectivity index (χ2v) is 31.9. The minimum atomic E-state index is -4.96. The lowest BCUT2D eigenvalue weighted by Crippen LogP contribution is -2.30. The zero-order chi connectivity index (χ0) is 69.6. The van der Waals surface area contributed by atoms with Gasteiger partial charge in [0.1, 0.15) is 19.3 Å². The molecule has 0 heterocycles. The average molecular weight is 1380 g/mol. The van der Waals surface area contributed by atoms with Gasteiger partial charge in [0.2, 0.25) is 0 Å². The summed E-state index contributed by atoms with van der Waals surface area (Å²) in [5, 5.41) is 10.6. The fourth-order valence-electron chi connectivity index (χ4n) is 11.4. The van der Waals surface area contributed by atoms with E-state index in [0.29, 0.717) is 37.5 Å². The van der Waals surface area contributed by atoms with Crippen molar-refractivity contribution >= 4 is 39.5 Å². The van der Waals surface area contributed by atoms with Gasteiger partial charge in [-0.3, -0.25) is 37.3 Å². The van der Waals surface area contributed by atoms with E-state index in [1.165, 1.54) is 173 Å². The molecule has 0 saturated carbocycles. The average Bonchev–Trinajstić information content (AvgIpc) is 1.24. The summed E-state index contributed by atoms with van der Waals surface area (Å²) in [5.41, 5.74) is 0. The predicted octanol–water partition coefficient (Wildman–Crippen LogP) is 21.7. The molecule has 5 atom stereocenters. The number of aliphatic hydroxyl groups is 1. The molecule has 0 spiro atoms. The monoisotopic (exact) mass is 1380 g/mol. The van der Waals surface area contributed by atoms with Crippen LogP contribution in [0.4, 0.5) is 0 Å². The summed E-state index contributed by atoms with van der Waals surface area (Å²) in [7, 11) is -9.91. The molecule has 0 bridgehead atoms. The van der Waals surface area contributed by atoms with Gasteiger partial charge < -0.3 is 33.8 Å². The Kier molecular flexibility index (Phi) is 63.1. The number of ether oxygens (including phenoxy) is 4. The fourth-order valence-corrected chi connectivity index (χ4v) is 13.0. The van der Waals surface area contributed by atoms with Crippen LogP contribution in [0.5, 0.6) is 0 Å². The first-order chi connectivity index (χ1) is 45.1. The van der Waals surface area contributed by atoms with Crippen molar-refractivity contribution < 1.29 is 80.2 Å². The molecule has 2 unspecified atom stereocenters. The number of hydrogen-bond acceptors (Lipinski definition) is 15. The maximum absolute atomic E-state index is 13.1. The number of phosphoric ester groups is 2. The molecule has 0 radical (unpaired) electrons. The molecule has 17 nitrogen and oxygen atoms in total. The maximum atomic E-state index is 13.1. The summed E-state index contributed by atoms with van der Waals surface area (Å²) < 4.78 is 68.4. The summed E-state index contributed by atoms with van der Waals surface area (Å²) in [4.78, 5) is 72.7. The van der Waals surface area contributed by atoms with E-state index in [2.05, 4.69) is 55.4 Å². The van der Waals surface area contributed by atoms with Crippen LogP contribution >= 0.6 is 15.6 Å². The summed E-state index contributed by atoms with van der Waals surface area (Å²) in [6.07, 6.45) is 48.9. The first kappa shape index (κ1) is 92.1. The zero-order valence-corrected chi connectivity index (χ0v) is 63.4. The number of unbranched alkanes of at least 4 members (excludes halogenated alkanes) is 38. The van der Waals surface area contributed by atoms with Gasteiger partial charge in [-0.15, -0.1) is 0 Å².